The molecule has 0 amide bonds. The van der Waals surface area contributed by atoms with Gasteiger partial charge < -0.3 is 5.73 Å². The van der Waals surface area contributed by atoms with Gasteiger partial charge in [0.1, 0.15) is 5.75 Å². The van der Waals surface area contributed by atoms with Gasteiger partial charge in [0.15, 0.2) is 15.7 Å². The maximum atomic E-state index is 11.5. The van der Waals surface area contributed by atoms with Crippen LogP contribution < -0.4 is 5.73 Å². The molecule has 1 atom stereocenters. The number of hydrogen-bond donors (Lipinski definition) is 1. The molecule has 0 radical (unpaired) electrons. The first-order valence-electron chi connectivity index (χ1n) is 4.10. The van der Waals surface area contributed by atoms with Crippen LogP contribution in [0.2, 0.25) is 0 Å². The van der Waals surface area contributed by atoms with Crippen LogP contribution in [0.1, 0.15) is 12.7 Å². The summed E-state index contributed by atoms with van der Waals surface area (Å²) >= 11 is 0. The van der Waals surface area contributed by atoms with Gasteiger partial charge in [-0.1, -0.05) is 0 Å². The molecule has 2 N–H and O–H groups in total. The minimum atomic E-state index is -3.25. The summed E-state index contributed by atoms with van der Waals surface area (Å²) in [5.41, 5.74) is 5.28. The molecule has 0 aliphatic rings. The highest BCUT2D eigenvalue weighted by Gasteiger charge is 2.22. The van der Waals surface area contributed by atoms with Crippen LogP contribution in [0.15, 0.2) is 0 Å². The molecule has 0 saturated carbocycles. The van der Waals surface area contributed by atoms with E-state index >= 15 is 0 Å². The van der Waals surface area contributed by atoms with Crippen molar-refractivity contribution < 1.29 is 8.42 Å². The van der Waals surface area contributed by atoms with Crippen LogP contribution >= 0.6 is 0 Å². The molecule has 0 saturated heterocycles. The van der Waals surface area contributed by atoms with Gasteiger partial charge in [0.05, 0.1) is 12.3 Å². The predicted octanol–water partition coefficient (Wildman–Crippen LogP) is -1.53. The molecule has 0 spiro atoms. The lowest BCUT2D eigenvalue weighted by atomic mass is 10.5. The summed E-state index contributed by atoms with van der Waals surface area (Å²) in [7, 11) is -1.67. The molecule has 0 aliphatic carbocycles. The van der Waals surface area contributed by atoms with E-state index in [2.05, 4.69) is 15.4 Å². The highest BCUT2D eigenvalue weighted by atomic mass is 32.2. The fourth-order valence-electron chi connectivity index (χ4n) is 0.850. The predicted molar refractivity (Wildman–Crippen MR) is 49.9 cm³/mol. The van der Waals surface area contributed by atoms with Crippen LogP contribution in [0.3, 0.4) is 0 Å². The second kappa shape index (κ2) is 4.01. The molecule has 0 fully saturated rings. The minimum Gasteiger partial charge on any atom is -0.329 e. The van der Waals surface area contributed by atoms with Gasteiger partial charge in [-0.25, -0.2) is 8.42 Å². The summed E-state index contributed by atoms with van der Waals surface area (Å²) in [6.45, 7) is 1.66. The van der Waals surface area contributed by atoms with Gasteiger partial charge in [-0.3, -0.25) is 0 Å². The van der Waals surface area contributed by atoms with Gasteiger partial charge >= 0.3 is 0 Å². The molecule has 1 rings (SSSR count). The standard InChI is InChI=1S/C6H13N5O2S/c1-5(3-7)14(12,13)4-6-8-10-11(2)9-6/h5H,3-4,7H2,1-2H3. The average Bonchev–Trinajstić information content (AvgIpc) is 2.48. The van der Waals surface area contributed by atoms with Crippen molar-refractivity contribution in [3.63, 3.8) is 0 Å². The van der Waals surface area contributed by atoms with Crippen LogP contribution in [-0.4, -0.2) is 40.4 Å². The molecule has 14 heavy (non-hydrogen) atoms. The van der Waals surface area contributed by atoms with Gasteiger partial charge in [0.25, 0.3) is 0 Å². The Kier molecular flexibility index (Phi) is 3.17. The number of nitrogens with zero attached hydrogens (tertiary/aromatic N) is 4. The van der Waals surface area contributed by atoms with Crippen LogP contribution in [0.5, 0.6) is 0 Å². The number of aryl methyl sites for hydroxylation is 1. The molecule has 8 heteroatoms. The van der Waals surface area contributed by atoms with E-state index in [1.807, 2.05) is 0 Å². The van der Waals surface area contributed by atoms with E-state index in [1.165, 1.54) is 4.80 Å². The Bertz CT molecular complexity index is 398. The highest BCUT2D eigenvalue weighted by Crippen LogP contribution is 2.05. The highest BCUT2D eigenvalue weighted by molar-refractivity contribution is 7.91. The van der Waals surface area contributed by atoms with Gasteiger partial charge in [-0.2, -0.15) is 4.80 Å². The number of nitrogens with two attached hydrogens (primary N) is 1. The average molecular weight is 219 g/mol. The summed E-state index contributed by atoms with van der Waals surface area (Å²) in [5, 5.41) is 10.4. The van der Waals surface area contributed by atoms with E-state index in [0.29, 0.717) is 0 Å². The summed E-state index contributed by atoms with van der Waals surface area (Å²) in [6.07, 6.45) is 0. The molecule has 1 aromatic rings. The van der Waals surface area contributed by atoms with Crippen molar-refractivity contribution in [1.29, 1.82) is 0 Å². The maximum absolute atomic E-state index is 11.5. The second-order valence-electron chi connectivity index (χ2n) is 3.05. The zero-order valence-corrected chi connectivity index (χ0v) is 8.90. The van der Waals surface area contributed by atoms with Crippen molar-refractivity contribution in [3.05, 3.63) is 5.82 Å². The van der Waals surface area contributed by atoms with E-state index in [0.717, 1.165) is 0 Å². The Morgan fingerprint density at radius 2 is 2.21 bits per heavy atom. The van der Waals surface area contributed by atoms with Gasteiger partial charge in [-0.15, -0.1) is 10.2 Å². The van der Waals surface area contributed by atoms with E-state index in [-0.39, 0.29) is 18.1 Å². The smallest absolute Gasteiger partial charge is 0.189 e. The number of aromatic nitrogens is 4. The number of hydrogen-bond acceptors (Lipinski definition) is 6. The zero-order chi connectivity index (χ0) is 10.8. The first-order chi connectivity index (χ1) is 6.45. The second-order valence-corrected chi connectivity index (χ2v) is 5.47. The fraction of sp³-hybridized carbons (Fsp3) is 0.833. The maximum Gasteiger partial charge on any atom is 0.189 e. The summed E-state index contributed by atoms with van der Waals surface area (Å²) in [5.74, 6) is -0.00745. The Hall–Kier alpha value is -1.02. The third-order valence-corrected chi connectivity index (χ3v) is 3.90. The monoisotopic (exact) mass is 219 g/mol. The molecule has 80 valence electrons. The molecule has 0 bridgehead atoms. The summed E-state index contributed by atoms with van der Waals surface area (Å²) in [4.78, 5) is 1.22. The van der Waals surface area contributed by atoms with E-state index in [4.69, 9.17) is 5.73 Å². The quantitative estimate of drug-likeness (QED) is 0.659. The molecule has 7 nitrogen and oxygen atoms in total. The number of tetrazole rings is 1. The van der Waals surface area contributed by atoms with Crippen molar-refractivity contribution in [2.75, 3.05) is 6.54 Å². The zero-order valence-electron chi connectivity index (χ0n) is 8.08. The van der Waals surface area contributed by atoms with Crippen LogP contribution in [0, 0.1) is 0 Å². The molecule has 1 unspecified atom stereocenters. The molecular formula is C6H13N5O2S. The Morgan fingerprint density at radius 1 is 1.57 bits per heavy atom. The van der Waals surface area contributed by atoms with Crippen molar-refractivity contribution >= 4 is 9.84 Å². The summed E-state index contributed by atoms with van der Waals surface area (Å²) < 4.78 is 23.1. The van der Waals surface area contributed by atoms with Gasteiger partial charge in [0.2, 0.25) is 0 Å². The number of rotatable bonds is 4. The SMILES string of the molecule is CC(CN)S(=O)(=O)Cc1nnn(C)n1. The van der Waals surface area contributed by atoms with E-state index in [9.17, 15) is 8.42 Å². The topological polar surface area (TPSA) is 104 Å². The first-order valence-corrected chi connectivity index (χ1v) is 5.81. The molecule has 0 aromatic carbocycles. The molecule has 0 aliphatic heterocycles. The lowest BCUT2D eigenvalue weighted by Gasteiger charge is -2.07. The third-order valence-electron chi connectivity index (χ3n) is 1.83. The van der Waals surface area contributed by atoms with Gasteiger partial charge in [0, 0.05) is 6.54 Å². The lowest BCUT2D eigenvalue weighted by Crippen LogP contribution is -2.28. The van der Waals surface area contributed by atoms with Crippen LogP contribution in [0.25, 0.3) is 0 Å². The van der Waals surface area contributed by atoms with Crippen LogP contribution in [0.4, 0.5) is 0 Å². The van der Waals surface area contributed by atoms with Crippen molar-refractivity contribution in [1.82, 2.24) is 20.2 Å². The van der Waals surface area contributed by atoms with Crippen molar-refractivity contribution in [3.8, 4) is 0 Å². The largest absolute Gasteiger partial charge is 0.329 e. The Balaban J connectivity index is 2.78. The minimum absolute atomic E-state index is 0.0998. The molecular weight excluding hydrogens is 206 g/mol. The lowest BCUT2D eigenvalue weighted by molar-refractivity contribution is 0.581. The normalized spacial score (nSPS) is 14.2. The Labute approximate surface area is 82.2 Å². The van der Waals surface area contributed by atoms with Crippen LogP contribution in [-0.2, 0) is 22.6 Å². The molecule has 1 aromatic heterocycles. The van der Waals surface area contributed by atoms with E-state index in [1.54, 1.807) is 14.0 Å². The van der Waals surface area contributed by atoms with Crippen molar-refractivity contribution in [2.45, 2.75) is 17.9 Å². The number of sulfone groups is 1. The fourth-order valence-corrected chi connectivity index (χ4v) is 1.90. The Morgan fingerprint density at radius 3 is 2.64 bits per heavy atom. The van der Waals surface area contributed by atoms with Crippen molar-refractivity contribution in [2.24, 2.45) is 12.8 Å². The third kappa shape index (κ3) is 2.48. The summed E-state index contributed by atoms with van der Waals surface area (Å²) in [6, 6.07) is 0. The van der Waals surface area contributed by atoms with E-state index < -0.39 is 15.1 Å². The van der Waals surface area contributed by atoms with Gasteiger partial charge in [-0.05, 0) is 12.1 Å². The first kappa shape index (κ1) is 11.1. The molecule has 1 heterocycles.